The van der Waals surface area contributed by atoms with E-state index in [1.165, 1.54) is 25.0 Å². The molecule has 120 valence electrons. The number of aliphatic hydroxyl groups excluding tert-OH is 1. The van der Waals surface area contributed by atoms with E-state index in [2.05, 4.69) is 5.32 Å². The van der Waals surface area contributed by atoms with E-state index < -0.39 is 11.5 Å². The number of hydrogen-bond donors (Lipinski definition) is 2. The van der Waals surface area contributed by atoms with E-state index >= 15 is 0 Å². The van der Waals surface area contributed by atoms with Crippen molar-refractivity contribution in [2.24, 2.45) is 5.92 Å². The molecule has 1 aromatic carbocycles. The highest BCUT2D eigenvalue weighted by Crippen LogP contribution is 2.48. The van der Waals surface area contributed by atoms with Gasteiger partial charge in [0.1, 0.15) is 5.82 Å². The van der Waals surface area contributed by atoms with Gasteiger partial charge in [-0.15, -0.1) is 0 Å². The molecule has 2 N–H and O–H groups in total. The number of nitrogens with one attached hydrogen (secondary N) is 1. The minimum atomic E-state index is -0.688. The molecule has 4 nitrogen and oxygen atoms in total. The smallest absolute Gasteiger partial charge is 0.230 e. The molecule has 1 aromatic rings. The van der Waals surface area contributed by atoms with E-state index in [9.17, 15) is 14.3 Å². The van der Waals surface area contributed by atoms with Crippen molar-refractivity contribution in [1.29, 1.82) is 0 Å². The SMILES string of the molecule is O=C(NCC(O)COCC1CC1)C1(c2ccc(F)cc2)CC1. The fraction of sp³-hybridized carbons (Fsp3) is 0.588. The molecule has 2 fully saturated rings. The first-order valence-electron chi connectivity index (χ1n) is 7.90. The molecule has 0 aromatic heterocycles. The average Bonchev–Trinajstić information content (AvgIpc) is 3.39. The molecular weight excluding hydrogens is 285 g/mol. The lowest BCUT2D eigenvalue weighted by molar-refractivity contribution is -0.124. The van der Waals surface area contributed by atoms with Gasteiger partial charge in [-0.2, -0.15) is 0 Å². The van der Waals surface area contributed by atoms with Gasteiger partial charge < -0.3 is 15.2 Å². The zero-order chi connectivity index (χ0) is 15.6. The van der Waals surface area contributed by atoms with Gasteiger partial charge in [0, 0.05) is 13.2 Å². The molecule has 0 heterocycles. The number of aliphatic hydroxyl groups is 1. The van der Waals surface area contributed by atoms with E-state index in [0.717, 1.165) is 18.4 Å². The zero-order valence-electron chi connectivity index (χ0n) is 12.6. The number of benzene rings is 1. The maximum atomic E-state index is 13.0. The second-order valence-electron chi connectivity index (χ2n) is 6.43. The van der Waals surface area contributed by atoms with Crippen molar-refractivity contribution < 1.29 is 19.0 Å². The van der Waals surface area contributed by atoms with Crippen molar-refractivity contribution in [2.45, 2.75) is 37.2 Å². The van der Waals surface area contributed by atoms with Crippen LogP contribution in [0.4, 0.5) is 4.39 Å². The number of rotatable bonds is 8. The quantitative estimate of drug-likeness (QED) is 0.769. The number of carbonyl (C=O) groups is 1. The van der Waals surface area contributed by atoms with E-state index in [0.29, 0.717) is 12.5 Å². The Kier molecular flexibility index (Phi) is 4.45. The highest BCUT2D eigenvalue weighted by molar-refractivity contribution is 5.91. The van der Waals surface area contributed by atoms with E-state index in [4.69, 9.17) is 4.74 Å². The van der Waals surface area contributed by atoms with Crippen LogP contribution in [0.1, 0.15) is 31.2 Å². The summed E-state index contributed by atoms with van der Waals surface area (Å²) in [6.07, 6.45) is 3.27. The van der Waals surface area contributed by atoms with Crippen molar-refractivity contribution in [3.8, 4) is 0 Å². The van der Waals surface area contributed by atoms with Crippen molar-refractivity contribution in [1.82, 2.24) is 5.32 Å². The number of ether oxygens (including phenoxy) is 1. The summed E-state index contributed by atoms with van der Waals surface area (Å²) in [6, 6.07) is 6.08. The topological polar surface area (TPSA) is 58.6 Å². The molecule has 2 aliphatic rings. The van der Waals surface area contributed by atoms with Crippen molar-refractivity contribution in [3.63, 3.8) is 0 Å². The van der Waals surface area contributed by atoms with Crippen LogP contribution in [0.5, 0.6) is 0 Å². The number of hydrogen-bond acceptors (Lipinski definition) is 3. The molecule has 2 saturated carbocycles. The number of amides is 1. The molecule has 2 aliphatic carbocycles. The first-order valence-corrected chi connectivity index (χ1v) is 7.90. The van der Waals surface area contributed by atoms with Crippen molar-refractivity contribution >= 4 is 5.91 Å². The van der Waals surface area contributed by atoms with Crippen LogP contribution in [-0.2, 0) is 14.9 Å². The van der Waals surface area contributed by atoms with Gasteiger partial charge in [0.2, 0.25) is 5.91 Å². The minimum absolute atomic E-state index is 0.0969. The van der Waals surface area contributed by atoms with Gasteiger partial charge in [0.15, 0.2) is 0 Å². The fourth-order valence-electron chi connectivity index (χ4n) is 2.63. The molecule has 0 saturated heterocycles. The van der Waals surface area contributed by atoms with Gasteiger partial charge >= 0.3 is 0 Å². The molecule has 0 radical (unpaired) electrons. The maximum Gasteiger partial charge on any atom is 0.230 e. The van der Waals surface area contributed by atoms with Crippen LogP contribution in [0, 0.1) is 11.7 Å². The molecular formula is C17H22FNO3. The third-order valence-electron chi connectivity index (χ3n) is 4.44. The Bertz CT molecular complexity index is 523. The van der Waals surface area contributed by atoms with Crippen LogP contribution >= 0.6 is 0 Å². The molecule has 0 bridgehead atoms. The highest BCUT2D eigenvalue weighted by Gasteiger charge is 2.51. The lowest BCUT2D eigenvalue weighted by Crippen LogP contribution is -2.40. The summed E-state index contributed by atoms with van der Waals surface area (Å²) in [7, 11) is 0. The van der Waals surface area contributed by atoms with Crippen LogP contribution in [0.25, 0.3) is 0 Å². The standard InChI is InChI=1S/C17H22FNO3/c18-14-5-3-13(4-6-14)17(7-8-17)16(21)19-9-15(20)11-22-10-12-1-2-12/h3-6,12,15,20H,1-2,7-11H2,(H,19,21). The van der Waals surface area contributed by atoms with Crippen LogP contribution in [0.2, 0.25) is 0 Å². The molecule has 5 heteroatoms. The van der Waals surface area contributed by atoms with Gasteiger partial charge in [-0.05, 0) is 49.3 Å². The average molecular weight is 307 g/mol. The summed E-state index contributed by atoms with van der Waals surface area (Å²) < 4.78 is 18.4. The lowest BCUT2D eigenvalue weighted by atomic mass is 9.95. The predicted octanol–water partition coefficient (Wildman–Crippen LogP) is 1.76. The number of carbonyl (C=O) groups excluding carboxylic acids is 1. The second-order valence-corrected chi connectivity index (χ2v) is 6.43. The number of halogens is 1. The molecule has 1 atom stereocenters. The maximum absolute atomic E-state index is 13.0. The summed E-state index contributed by atoms with van der Waals surface area (Å²) in [5, 5.41) is 12.6. The van der Waals surface area contributed by atoms with Gasteiger partial charge in [-0.25, -0.2) is 4.39 Å². The van der Waals surface area contributed by atoms with Crippen LogP contribution in [0.15, 0.2) is 24.3 Å². The summed E-state index contributed by atoms with van der Waals surface area (Å²) in [6.45, 7) is 1.14. The van der Waals surface area contributed by atoms with Gasteiger partial charge in [0.25, 0.3) is 0 Å². The predicted molar refractivity (Wildman–Crippen MR) is 79.9 cm³/mol. The summed E-state index contributed by atoms with van der Waals surface area (Å²) in [5.74, 6) is 0.263. The lowest BCUT2D eigenvalue weighted by Gasteiger charge is -2.18. The van der Waals surface area contributed by atoms with Gasteiger partial charge in [-0.1, -0.05) is 12.1 Å². The highest BCUT2D eigenvalue weighted by atomic mass is 19.1. The zero-order valence-corrected chi connectivity index (χ0v) is 12.6. The monoisotopic (exact) mass is 307 g/mol. The van der Waals surface area contributed by atoms with Crippen LogP contribution in [0.3, 0.4) is 0 Å². The first-order chi connectivity index (χ1) is 10.6. The fourth-order valence-corrected chi connectivity index (χ4v) is 2.63. The van der Waals surface area contributed by atoms with Crippen LogP contribution < -0.4 is 5.32 Å². The Balaban J connectivity index is 1.45. The Morgan fingerprint density at radius 2 is 2.05 bits per heavy atom. The third kappa shape index (κ3) is 3.65. The second kappa shape index (κ2) is 6.34. The summed E-state index contributed by atoms with van der Waals surface area (Å²) in [4.78, 5) is 12.4. The van der Waals surface area contributed by atoms with Crippen molar-refractivity contribution in [3.05, 3.63) is 35.6 Å². The Labute approximate surface area is 129 Å². The Morgan fingerprint density at radius 3 is 2.64 bits per heavy atom. The third-order valence-corrected chi connectivity index (χ3v) is 4.44. The molecule has 1 amide bonds. The Hall–Kier alpha value is -1.46. The van der Waals surface area contributed by atoms with Gasteiger partial charge in [0.05, 0.1) is 18.1 Å². The molecule has 22 heavy (non-hydrogen) atoms. The van der Waals surface area contributed by atoms with Gasteiger partial charge in [-0.3, -0.25) is 4.79 Å². The van der Waals surface area contributed by atoms with E-state index in [1.807, 2.05) is 0 Å². The van der Waals surface area contributed by atoms with E-state index in [-0.39, 0.29) is 24.9 Å². The summed E-state index contributed by atoms with van der Waals surface area (Å²) in [5.41, 5.74) is 0.299. The molecule has 1 unspecified atom stereocenters. The molecule has 0 spiro atoms. The minimum Gasteiger partial charge on any atom is -0.389 e. The largest absolute Gasteiger partial charge is 0.389 e. The Morgan fingerprint density at radius 1 is 1.36 bits per heavy atom. The first kappa shape index (κ1) is 15.4. The molecule has 0 aliphatic heterocycles. The van der Waals surface area contributed by atoms with E-state index in [1.54, 1.807) is 12.1 Å². The van der Waals surface area contributed by atoms with Crippen LogP contribution in [-0.4, -0.2) is 36.9 Å². The molecule has 3 rings (SSSR count). The summed E-state index contributed by atoms with van der Waals surface area (Å²) >= 11 is 0. The normalized spacial score (nSPS) is 20.5. The van der Waals surface area contributed by atoms with Crippen molar-refractivity contribution in [2.75, 3.05) is 19.8 Å².